The third-order valence-corrected chi connectivity index (χ3v) is 2.81. The van der Waals surface area contributed by atoms with E-state index in [2.05, 4.69) is 10.4 Å². The van der Waals surface area contributed by atoms with Gasteiger partial charge >= 0.3 is 0 Å². The summed E-state index contributed by atoms with van der Waals surface area (Å²) in [7, 11) is 1.84. The number of anilines is 1. The van der Waals surface area contributed by atoms with E-state index in [1.54, 1.807) is 23.0 Å². The van der Waals surface area contributed by atoms with Gasteiger partial charge in [0, 0.05) is 18.9 Å². The van der Waals surface area contributed by atoms with Gasteiger partial charge in [-0.25, -0.2) is 0 Å². The average molecular weight is 244 g/mol. The number of rotatable bonds is 3. The first-order valence-corrected chi connectivity index (χ1v) is 5.69. The van der Waals surface area contributed by atoms with Gasteiger partial charge in [0.25, 0.3) is 5.91 Å². The third kappa shape index (κ3) is 2.51. The largest absolute Gasteiger partial charge is 0.398 e. The second-order valence-electron chi connectivity index (χ2n) is 4.22. The molecule has 0 bridgehead atoms. The van der Waals surface area contributed by atoms with Crippen molar-refractivity contribution in [2.75, 3.05) is 5.73 Å². The molecule has 1 heterocycles. The minimum absolute atomic E-state index is 0.169. The van der Waals surface area contributed by atoms with Gasteiger partial charge in [-0.05, 0) is 25.1 Å². The number of hydrogen-bond acceptors (Lipinski definition) is 3. The normalized spacial score (nSPS) is 10.3. The maximum atomic E-state index is 12.0. The van der Waals surface area contributed by atoms with E-state index in [-0.39, 0.29) is 5.91 Å². The minimum atomic E-state index is -0.169. The Bertz CT molecular complexity index is 574. The minimum Gasteiger partial charge on any atom is -0.398 e. The number of carbonyl (C=O) groups excluding carboxylic acids is 1. The van der Waals surface area contributed by atoms with Gasteiger partial charge in [-0.3, -0.25) is 9.48 Å². The van der Waals surface area contributed by atoms with Crippen LogP contribution in [-0.4, -0.2) is 15.7 Å². The van der Waals surface area contributed by atoms with E-state index < -0.39 is 0 Å². The van der Waals surface area contributed by atoms with Gasteiger partial charge in [-0.1, -0.05) is 11.6 Å². The van der Waals surface area contributed by atoms with Crippen LogP contribution in [0.3, 0.4) is 0 Å². The van der Waals surface area contributed by atoms with Crippen molar-refractivity contribution in [1.29, 1.82) is 0 Å². The Morgan fingerprint density at radius 3 is 2.89 bits per heavy atom. The topological polar surface area (TPSA) is 72.9 Å². The average Bonchev–Trinajstić information content (AvgIpc) is 2.75. The number of aryl methyl sites for hydroxylation is 2. The Kier molecular flexibility index (Phi) is 3.32. The van der Waals surface area contributed by atoms with E-state index in [1.807, 2.05) is 26.1 Å². The monoisotopic (exact) mass is 244 g/mol. The highest BCUT2D eigenvalue weighted by molar-refractivity contribution is 5.99. The number of nitrogens with zero attached hydrogens (tertiary/aromatic N) is 2. The first kappa shape index (κ1) is 12.2. The lowest BCUT2D eigenvalue weighted by Gasteiger charge is -2.08. The van der Waals surface area contributed by atoms with Crippen molar-refractivity contribution in [2.24, 2.45) is 7.05 Å². The molecule has 3 N–H and O–H groups in total. The third-order valence-electron chi connectivity index (χ3n) is 2.81. The van der Waals surface area contributed by atoms with Crippen LogP contribution in [0.4, 0.5) is 5.69 Å². The summed E-state index contributed by atoms with van der Waals surface area (Å²) in [5, 5.41) is 6.87. The van der Waals surface area contributed by atoms with E-state index in [0.29, 0.717) is 17.8 Å². The first-order chi connectivity index (χ1) is 8.58. The zero-order valence-corrected chi connectivity index (χ0v) is 10.5. The van der Waals surface area contributed by atoms with Crippen LogP contribution in [0.25, 0.3) is 0 Å². The molecule has 0 radical (unpaired) electrons. The Hall–Kier alpha value is -2.30. The molecular weight excluding hydrogens is 228 g/mol. The summed E-state index contributed by atoms with van der Waals surface area (Å²) in [6.45, 7) is 2.36. The van der Waals surface area contributed by atoms with Gasteiger partial charge in [0.1, 0.15) is 0 Å². The van der Waals surface area contributed by atoms with Gasteiger partial charge in [0.15, 0.2) is 0 Å². The summed E-state index contributed by atoms with van der Waals surface area (Å²) < 4.78 is 1.72. The Morgan fingerprint density at radius 2 is 2.22 bits per heavy atom. The highest BCUT2D eigenvalue weighted by Crippen LogP contribution is 2.13. The number of hydrogen-bond donors (Lipinski definition) is 2. The second kappa shape index (κ2) is 4.91. The van der Waals surface area contributed by atoms with E-state index in [9.17, 15) is 4.79 Å². The summed E-state index contributed by atoms with van der Waals surface area (Å²) in [4.78, 5) is 12.0. The number of amides is 1. The highest BCUT2D eigenvalue weighted by atomic mass is 16.1. The number of aromatic nitrogens is 2. The number of nitrogens with one attached hydrogen (secondary N) is 1. The maximum absolute atomic E-state index is 12.0. The summed E-state index contributed by atoms with van der Waals surface area (Å²) in [6, 6.07) is 7.27. The van der Waals surface area contributed by atoms with E-state index in [0.717, 1.165) is 11.3 Å². The molecule has 0 aliphatic rings. The molecule has 0 unspecified atom stereocenters. The highest BCUT2D eigenvalue weighted by Gasteiger charge is 2.10. The summed E-state index contributed by atoms with van der Waals surface area (Å²) in [5.74, 6) is -0.169. The SMILES string of the molecule is Cc1ccc(N)c(C(=O)NCc2ccnn2C)c1. The number of nitrogen functional groups attached to an aromatic ring is 1. The number of carbonyl (C=O) groups is 1. The quantitative estimate of drug-likeness (QED) is 0.798. The fourth-order valence-corrected chi connectivity index (χ4v) is 1.71. The van der Waals surface area contributed by atoms with Gasteiger partial charge in [0.2, 0.25) is 0 Å². The molecule has 0 saturated carbocycles. The lowest BCUT2D eigenvalue weighted by atomic mass is 10.1. The van der Waals surface area contributed by atoms with Gasteiger partial charge in [-0.15, -0.1) is 0 Å². The van der Waals surface area contributed by atoms with E-state index in [1.165, 1.54) is 0 Å². The standard InChI is InChI=1S/C13H16N4O/c1-9-3-4-12(14)11(7-9)13(18)15-8-10-5-6-16-17(10)2/h3-7H,8,14H2,1-2H3,(H,15,18). The summed E-state index contributed by atoms with van der Waals surface area (Å²) in [5.41, 5.74) is 8.74. The van der Waals surface area contributed by atoms with Gasteiger partial charge in [-0.2, -0.15) is 5.10 Å². The molecule has 2 rings (SSSR count). The predicted molar refractivity (Wildman–Crippen MR) is 70.0 cm³/mol. The number of nitrogens with two attached hydrogens (primary N) is 1. The van der Waals surface area contributed by atoms with E-state index in [4.69, 9.17) is 5.73 Å². The number of benzene rings is 1. The molecule has 1 aromatic heterocycles. The Balaban J connectivity index is 2.08. The molecular formula is C13H16N4O. The van der Waals surface area contributed by atoms with Crippen molar-refractivity contribution >= 4 is 11.6 Å². The van der Waals surface area contributed by atoms with Crippen molar-refractivity contribution in [1.82, 2.24) is 15.1 Å². The van der Waals surface area contributed by atoms with Crippen LogP contribution < -0.4 is 11.1 Å². The zero-order chi connectivity index (χ0) is 13.1. The van der Waals surface area contributed by atoms with Crippen LogP contribution in [0, 0.1) is 6.92 Å². The molecule has 0 fully saturated rings. The van der Waals surface area contributed by atoms with Crippen LogP contribution in [0.1, 0.15) is 21.6 Å². The fraction of sp³-hybridized carbons (Fsp3) is 0.231. The molecule has 0 aliphatic heterocycles. The first-order valence-electron chi connectivity index (χ1n) is 5.69. The fourth-order valence-electron chi connectivity index (χ4n) is 1.71. The van der Waals surface area contributed by atoms with E-state index >= 15 is 0 Å². The summed E-state index contributed by atoms with van der Waals surface area (Å²) in [6.07, 6.45) is 1.70. The van der Waals surface area contributed by atoms with Crippen LogP contribution in [0.15, 0.2) is 30.5 Å². The molecule has 5 heteroatoms. The van der Waals surface area contributed by atoms with Gasteiger partial charge < -0.3 is 11.1 Å². The molecule has 0 aliphatic carbocycles. The Labute approximate surface area is 106 Å². The molecule has 0 spiro atoms. The molecule has 0 atom stereocenters. The van der Waals surface area contributed by atoms with Crippen LogP contribution in [-0.2, 0) is 13.6 Å². The molecule has 18 heavy (non-hydrogen) atoms. The van der Waals surface area contributed by atoms with Crippen molar-refractivity contribution in [3.63, 3.8) is 0 Å². The summed E-state index contributed by atoms with van der Waals surface area (Å²) >= 11 is 0. The lowest BCUT2D eigenvalue weighted by molar-refractivity contribution is 0.0951. The predicted octanol–water partition coefficient (Wildman–Crippen LogP) is 1.24. The second-order valence-corrected chi connectivity index (χ2v) is 4.22. The van der Waals surface area contributed by atoms with Crippen LogP contribution in [0.2, 0.25) is 0 Å². The van der Waals surface area contributed by atoms with Crippen molar-refractivity contribution in [2.45, 2.75) is 13.5 Å². The smallest absolute Gasteiger partial charge is 0.253 e. The van der Waals surface area contributed by atoms with Crippen molar-refractivity contribution in [3.8, 4) is 0 Å². The van der Waals surface area contributed by atoms with Crippen LogP contribution >= 0.6 is 0 Å². The molecule has 1 amide bonds. The maximum Gasteiger partial charge on any atom is 0.253 e. The molecule has 1 aromatic carbocycles. The van der Waals surface area contributed by atoms with Crippen molar-refractivity contribution in [3.05, 3.63) is 47.3 Å². The van der Waals surface area contributed by atoms with Crippen LogP contribution in [0.5, 0.6) is 0 Å². The van der Waals surface area contributed by atoms with Crippen molar-refractivity contribution < 1.29 is 4.79 Å². The molecule has 5 nitrogen and oxygen atoms in total. The zero-order valence-electron chi connectivity index (χ0n) is 10.5. The lowest BCUT2D eigenvalue weighted by Crippen LogP contribution is -2.25. The molecule has 94 valence electrons. The molecule has 2 aromatic rings. The van der Waals surface area contributed by atoms with Gasteiger partial charge in [0.05, 0.1) is 17.8 Å². The Morgan fingerprint density at radius 1 is 1.44 bits per heavy atom. The molecule has 0 saturated heterocycles.